The van der Waals surface area contributed by atoms with Crippen LogP contribution in [0.2, 0.25) is 0 Å². The molecule has 0 bridgehead atoms. The Bertz CT molecular complexity index is 669. The highest BCUT2D eigenvalue weighted by Crippen LogP contribution is 2.21. The molecule has 2 amide bonds. The van der Waals surface area contributed by atoms with Crippen LogP contribution in [-0.4, -0.2) is 127 Å². The smallest absolute Gasteiger partial charge is 0.222 e. The molecule has 10 atom stereocenters. The van der Waals surface area contributed by atoms with Gasteiger partial charge in [0.05, 0.1) is 13.2 Å². The van der Waals surface area contributed by atoms with Crippen LogP contribution in [0.3, 0.4) is 0 Å². The zero-order valence-corrected chi connectivity index (χ0v) is 22.2. The van der Waals surface area contributed by atoms with Crippen LogP contribution >= 0.6 is 0 Å². The molecule has 14 heteroatoms. The SMILES string of the molecule is O=C(CCCCCCCCCCCC(=O)N[C@@H]1O[C@H](CO)[C@@H](O)[C@H](O)[C@H]1O)N[C@@H]1O[C@H](CO)[C@@H](O)[C@H](O)[C@H]1O. The molecule has 0 aromatic carbocycles. The van der Waals surface area contributed by atoms with Crippen molar-refractivity contribution in [2.24, 2.45) is 0 Å². The van der Waals surface area contributed by atoms with Crippen molar-refractivity contribution in [2.45, 2.75) is 132 Å². The molecule has 0 aromatic heterocycles. The molecule has 0 saturated carbocycles. The molecule has 228 valence electrons. The predicted octanol–water partition coefficient (Wildman–Crippen LogP) is -2.89. The van der Waals surface area contributed by atoms with Gasteiger partial charge in [0, 0.05) is 12.8 Å². The lowest BCUT2D eigenvalue weighted by Crippen LogP contribution is -2.63. The normalized spacial score (nSPS) is 35.0. The van der Waals surface area contributed by atoms with Crippen LogP contribution in [-0.2, 0) is 19.1 Å². The molecule has 2 heterocycles. The fourth-order valence-electron chi connectivity index (χ4n) is 4.71. The summed E-state index contributed by atoms with van der Waals surface area (Å²) in [5, 5.41) is 82.4. The lowest BCUT2D eigenvalue weighted by atomic mass is 9.98. The van der Waals surface area contributed by atoms with Crippen molar-refractivity contribution in [1.82, 2.24) is 10.6 Å². The maximum absolute atomic E-state index is 12.1. The van der Waals surface area contributed by atoms with Crippen molar-refractivity contribution in [3.8, 4) is 0 Å². The van der Waals surface area contributed by atoms with Gasteiger partial charge in [0.2, 0.25) is 11.8 Å². The predicted molar refractivity (Wildman–Crippen MR) is 135 cm³/mol. The Morgan fingerprint density at radius 2 is 0.795 bits per heavy atom. The Morgan fingerprint density at radius 1 is 0.487 bits per heavy atom. The second-order valence-electron chi connectivity index (χ2n) is 10.3. The van der Waals surface area contributed by atoms with Gasteiger partial charge in [-0.3, -0.25) is 9.59 Å². The monoisotopic (exact) mass is 566 g/mol. The molecular formula is C25H46N2O12. The third kappa shape index (κ3) is 10.5. The molecule has 14 nitrogen and oxygen atoms in total. The van der Waals surface area contributed by atoms with Gasteiger partial charge in [-0.15, -0.1) is 0 Å². The van der Waals surface area contributed by atoms with Gasteiger partial charge in [-0.2, -0.15) is 0 Å². The van der Waals surface area contributed by atoms with Crippen LogP contribution < -0.4 is 10.6 Å². The first kappa shape index (κ1) is 33.7. The summed E-state index contributed by atoms with van der Waals surface area (Å²) in [6.45, 7) is -1.11. The minimum absolute atomic E-state index is 0.222. The van der Waals surface area contributed by atoms with E-state index in [0.717, 1.165) is 44.9 Å². The Kier molecular flexibility index (Phi) is 15.0. The van der Waals surface area contributed by atoms with Crippen molar-refractivity contribution in [3.63, 3.8) is 0 Å². The number of hydrogen-bond acceptors (Lipinski definition) is 12. The summed E-state index contributed by atoms with van der Waals surface area (Å²) >= 11 is 0. The van der Waals surface area contributed by atoms with E-state index in [9.17, 15) is 50.4 Å². The number of aliphatic hydroxyl groups excluding tert-OH is 8. The van der Waals surface area contributed by atoms with E-state index in [0.29, 0.717) is 12.8 Å². The van der Waals surface area contributed by atoms with E-state index in [1.807, 2.05) is 0 Å². The average molecular weight is 567 g/mol. The molecule has 2 saturated heterocycles. The number of hydrogen-bond donors (Lipinski definition) is 10. The minimum atomic E-state index is -1.53. The summed E-state index contributed by atoms with van der Waals surface area (Å²) in [5.41, 5.74) is 0. The van der Waals surface area contributed by atoms with Crippen molar-refractivity contribution < 1.29 is 59.9 Å². The molecule has 39 heavy (non-hydrogen) atoms. The fourth-order valence-corrected chi connectivity index (χ4v) is 4.71. The fraction of sp³-hybridized carbons (Fsp3) is 0.920. The van der Waals surface area contributed by atoms with Crippen LogP contribution in [0.15, 0.2) is 0 Å². The summed E-state index contributed by atoms with van der Waals surface area (Å²) in [6, 6.07) is 0. The number of amides is 2. The van der Waals surface area contributed by atoms with Gasteiger partial charge in [0.1, 0.15) is 48.8 Å². The van der Waals surface area contributed by atoms with E-state index in [1.165, 1.54) is 0 Å². The van der Waals surface area contributed by atoms with Gasteiger partial charge >= 0.3 is 0 Å². The molecular weight excluding hydrogens is 520 g/mol. The highest BCUT2D eigenvalue weighted by atomic mass is 16.6. The molecule has 2 aliphatic rings. The number of carbonyl (C=O) groups excluding carboxylic acids is 2. The summed E-state index contributed by atoms with van der Waals surface area (Å²) in [5.74, 6) is -0.704. The second kappa shape index (κ2) is 17.4. The lowest BCUT2D eigenvalue weighted by molar-refractivity contribution is -0.236. The zero-order chi connectivity index (χ0) is 28.9. The number of carbonyl (C=O) groups is 2. The Balaban J connectivity index is 1.46. The van der Waals surface area contributed by atoms with Gasteiger partial charge in [-0.1, -0.05) is 44.9 Å². The molecule has 10 N–H and O–H groups in total. The number of unbranched alkanes of at least 4 members (excludes halogenated alkanes) is 8. The molecule has 0 aromatic rings. The number of nitrogens with one attached hydrogen (secondary N) is 2. The standard InChI is InChI=1S/C25H46N2O12/c28-12-14-18(32)20(34)22(36)24(38-14)26-16(30)10-8-6-4-2-1-3-5-7-9-11-17(31)27-25-23(37)21(35)19(33)15(13-29)39-25/h14-15,18-25,28-29,32-37H,1-13H2,(H,26,30)(H,27,31)/t14-,15-,18-,19-,20+,21+,22-,23-,24-,25-/m1/s1. The first-order chi connectivity index (χ1) is 18.6. The summed E-state index contributed by atoms with van der Waals surface area (Å²) in [4.78, 5) is 24.2. The third-order valence-corrected chi connectivity index (χ3v) is 7.20. The molecule has 2 aliphatic heterocycles. The third-order valence-electron chi connectivity index (χ3n) is 7.20. The lowest BCUT2D eigenvalue weighted by Gasteiger charge is -2.40. The largest absolute Gasteiger partial charge is 0.394 e. The molecule has 2 rings (SSSR count). The maximum Gasteiger partial charge on any atom is 0.222 e. The van der Waals surface area contributed by atoms with Gasteiger partial charge in [0.15, 0.2) is 12.5 Å². The first-order valence-corrected chi connectivity index (χ1v) is 13.8. The van der Waals surface area contributed by atoms with Crippen molar-refractivity contribution in [1.29, 1.82) is 0 Å². The van der Waals surface area contributed by atoms with E-state index in [2.05, 4.69) is 10.6 Å². The summed E-state index contributed by atoms with van der Waals surface area (Å²) in [6.07, 6.45) is -5.17. The number of ether oxygens (including phenoxy) is 2. The highest BCUT2D eigenvalue weighted by molar-refractivity contribution is 5.76. The molecule has 0 unspecified atom stereocenters. The van der Waals surface area contributed by atoms with Crippen molar-refractivity contribution in [2.75, 3.05) is 13.2 Å². The summed E-state index contributed by atoms with van der Waals surface area (Å²) in [7, 11) is 0. The molecule has 0 radical (unpaired) electrons. The van der Waals surface area contributed by atoms with Crippen LogP contribution in [0.5, 0.6) is 0 Å². The molecule has 0 spiro atoms. The van der Waals surface area contributed by atoms with Gasteiger partial charge in [0.25, 0.3) is 0 Å². The molecule has 0 aliphatic carbocycles. The van der Waals surface area contributed by atoms with Gasteiger partial charge < -0.3 is 61.0 Å². The first-order valence-electron chi connectivity index (χ1n) is 13.8. The number of aliphatic hydroxyl groups is 8. The topological polar surface area (TPSA) is 238 Å². The maximum atomic E-state index is 12.1. The van der Waals surface area contributed by atoms with E-state index >= 15 is 0 Å². The highest BCUT2D eigenvalue weighted by Gasteiger charge is 2.45. The Hall–Kier alpha value is -1.46. The van der Waals surface area contributed by atoms with E-state index in [1.54, 1.807) is 0 Å². The van der Waals surface area contributed by atoms with Crippen molar-refractivity contribution in [3.05, 3.63) is 0 Å². The second-order valence-corrected chi connectivity index (χ2v) is 10.3. The Labute approximate surface area is 227 Å². The van der Waals surface area contributed by atoms with Gasteiger partial charge in [-0.25, -0.2) is 0 Å². The molecule has 2 fully saturated rings. The van der Waals surface area contributed by atoms with Crippen LogP contribution in [0, 0.1) is 0 Å². The van der Waals surface area contributed by atoms with E-state index in [4.69, 9.17) is 9.47 Å². The van der Waals surface area contributed by atoms with Crippen LogP contribution in [0.4, 0.5) is 0 Å². The van der Waals surface area contributed by atoms with E-state index in [-0.39, 0.29) is 24.7 Å². The number of rotatable bonds is 16. The van der Waals surface area contributed by atoms with E-state index < -0.39 is 74.5 Å². The van der Waals surface area contributed by atoms with Crippen LogP contribution in [0.25, 0.3) is 0 Å². The zero-order valence-electron chi connectivity index (χ0n) is 22.2. The van der Waals surface area contributed by atoms with Gasteiger partial charge in [-0.05, 0) is 12.8 Å². The minimum Gasteiger partial charge on any atom is -0.394 e. The quantitative estimate of drug-likeness (QED) is 0.0847. The Morgan fingerprint density at radius 3 is 1.10 bits per heavy atom. The average Bonchev–Trinajstić information content (AvgIpc) is 2.92. The summed E-state index contributed by atoms with van der Waals surface area (Å²) < 4.78 is 10.5. The van der Waals surface area contributed by atoms with Crippen LogP contribution in [0.1, 0.15) is 70.6 Å². The van der Waals surface area contributed by atoms with Crippen molar-refractivity contribution >= 4 is 11.8 Å².